The fourth-order valence-corrected chi connectivity index (χ4v) is 1.93. The number of aromatic nitrogens is 1. The number of nitrogens with zero attached hydrogens (tertiary/aromatic N) is 2. The molecule has 1 heterocycles. The number of likely N-dealkylation sites (N-methyl/N-ethyl adjacent to an activating group) is 1. The Labute approximate surface area is 117 Å². The van der Waals surface area contributed by atoms with Crippen molar-refractivity contribution in [3.05, 3.63) is 18.3 Å². The van der Waals surface area contributed by atoms with Crippen LogP contribution in [0.1, 0.15) is 33.6 Å². The van der Waals surface area contributed by atoms with Gasteiger partial charge in [-0.3, -0.25) is 0 Å². The van der Waals surface area contributed by atoms with Crippen LogP contribution < -0.4 is 10.1 Å². The van der Waals surface area contributed by atoms with Crippen LogP contribution in [-0.2, 0) is 0 Å². The highest BCUT2D eigenvalue weighted by molar-refractivity contribution is 5.49. The Bertz CT molecular complexity index is 344. The zero-order valence-corrected chi connectivity index (χ0v) is 12.5. The van der Waals surface area contributed by atoms with Gasteiger partial charge in [-0.25, -0.2) is 4.98 Å². The van der Waals surface area contributed by atoms with Gasteiger partial charge in [0, 0.05) is 19.3 Å². The van der Waals surface area contributed by atoms with E-state index in [1.807, 2.05) is 12.1 Å². The van der Waals surface area contributed by atoms with Crippen molar-refractivity contribution < 1.29 is 4.74 Å². The second-order valence-electron chi connectivity index (χ2n) is 4.56. The summed E-state index contributed by atoms with van der Waals surface area (Å²) in [6.45, 7) is 11.4. The van der Waals surface area contributed by atoms with Crippen molar-refractivity contribution in [3.8, 4) is 5.75 Å². The summed E-state index contributed by atoms with van der Waals surface area (Å²) in [6, 6.07) is 3.88. The molecule has 1 N–H and O–H groups in total. The first kappa shape index (κ1) is 15.8. The molecule has 108 valence electrons. The van der Waals surface area contributed by atoms with E-state index in [1.165, 1.54) is 6.42 Å². The van der Waals surface area contributed by atoms with Crippen LogP contribution in [0.3, 0.4) is 0 Å². The molecular formula is C15H27N3O. The molecule has 0 aliphatic rings. The van der Waals surface area contributed by atoms with E-state index in [1.54, 1.807) is 6.20 Å². The molecule has 0 saturated carbocycles. The SMILES string of the molecule is CCCOc1cccnc1NCCN(CC)CCC. The first-order chi connectivity index (χ1) is 9.31. The van der Waals surface area contributed by atoms with E-state index in [0.29, 0.717) is 0 Å². The summed E-state index contributed by atoms with van der Waals surface area (Å²) in [5.41, 5.74) is 0. The zero-order chi connectivity index (χ0) is 13.9. The molecule has 0 bridgehead atoms. The fraction of sp³-hybridized carbons (Fsp3) is 0.667. The van der Waals surface area contributed by atoms with Gasteiger partial charge in [0.05, 0.1) is 6.61 Å². The van der Waals surface area contributed by atoms with Crippen molar-refractivity contribution in [1.29, 1.82) is 0 Å². The molecule has 0 unspecified atom stereocenters. The van der Waals surface area contributed by atoms with Crippen LogP contribution in [0.4, 0.5) is 5.82 Å². The van der Waals surface area contributed by atoms with Crippen LogP contribution in [0.5, 0.6) is 5.75 Å². The molecule has 1 rings (SSSR count). The highest BCUT2D eigenvalue weighted by Crippen LogP contribution is 2.20. The molecule has 0 aromatic carbocycles. The molecule has 19 heavy (non-hydrogen) atoms. The molecule has 0 aliphatic heterocycles. The van der Waals surface area contributed by atoms with Gasteiger partial charge in [0.15, 0.2) is 11.6 Å². The first-order valence-corrected chi connectivity index (χ1v) is 7.35. The van der Waals surface area contributed by atoms with Crippen LogP contribution in [0.25, 0.3) is 0 Å². The molecule has 0 amide bonds. The summed E-state index contributed by atoms with van der Waals surface area (Å²) in [5.74, 6) is 1.70. The van der Waals surface area contributed by atoms with Gasteiger partial charge in [-0.15, -0.1) is 0 Å². The lowest BCUT2D eigenvalue weighted by Crippen LogP contribution is -2.29. The Balaban J connectivity index is 2.43. The summed E-state index contributed by atoms with van der Waals surface area (Å²) in [6.07, 6.45) is 4.00. The van der Waals surface area contributed by atoms with Gasteiger partial charge in [0.25, 0.3) is 0 Å². The smallest absolute Gasteiger partial charge is 0.168 e. The molecule has 1 aromatic rings. The van der Waals surface area contributed by atoms with Crippen molar-refractivity contribution in [2.75, 3.05) is 38.1 Å². The summed E-state index contributed by atoms with van der Waals surface area (Å²) in [7, 11) is 0. The van der Waals surface area contributed by atoms with E-state index in [9.17, 15) is 0 Å². The van der Waals surface area contributed by atoms with Crippen LogP contribution in [-0.4, -0.2) is 42.7 Å². The molecule has 4 nitrogen and oxygen atoms in total. The Morgan fingerprint density at radius 3 is 2.74 bits per heavy atom. The van der Waals surface area contributed by atoms with Gasteiger partial charge in [-0.05, 0) is 38.1 Å². The van der Waals surface area contributed by atoms with Crippen LogP contribution in [0.2, 0.25) is 0 Å². The molecular weight excluding hydrogens is 238 g/mol. The number of pyridine rings is 1. The van der Waals surface area contributed by atoms with E-state index in [0.717, 1.165) is 50.8 Å². The molecule has 0 radical (unpaired) electrons. The quantitative estimate of drug-likeness (QED) is 0.705. The van der Waals surface area contributed by atoms with Gasteiger partial charge in [0.1, 0.15) is 0 Å². The molecule has 1 aromatic heterocycles. The van der Waals surface area contributed by atoms with E-state index < -0.39 is 0 Å². The maximum Gasteiger partial charge on any atom is 0.168 e. The Morgan fingerprint density at radius 2 is 2.05 bits per heavy atom. The average Bonchev–Trinajstić information content (AvgIpc) is 2.45. The van der Waals surface area contributed by atoms with E-state index in [4.69, 9.17) is 4.74 Å². The van der Waals surface area contributed by atoms with Gasteiger partial charge < -0.3 is 15.0 Å². The Kier molecular flexibility index (Phi) is 7.98. The second-order valence-corrected chi connectivity index (χ2v) is 4.56. The largest absolute Gasteiger partial charge is 0.490 e. The molecule has 0 atom stereocenters. The average molecular weight is 265 g/mol. The van der Waals surface area contributed by atoms with Crippen molar-refractivity contribution >= 4 is 5.82 Å². The van der Waals surface area contributed by atoms with Gasteiger partial charge >= 0.3 is 0 Å². The Morgan fingerprint density at radius 1 is 1.21 bits per heavy atom. The number of hydrogen-bond donors (Lipinski definition) is 1. The maximum absolute atomic E-state index is 5.68. The van der Waals surface area contributed by atoms with Crippen LogP contribution >= 0.6 is 0 Å². The highest BCUT2D eigenvalue weighted by Gasteiger charge is 2.05. The summed E-state index contributed by atoms with van der Waals surface area (Å²) >= 11 is 0. The third kappa shape index (κ3) is 5.92. The van der Waals surface area contributed by atoms with Crippen LogP contribution in [0.15, 0.2) is 18.3 Å². The highest BCUT2D eigenvalue weighted by atomic mass is 16.5. The van der Waals surface area contributed by atoms with Crippen molar-refractivity contribution in [3.63, 3.8) is 0 Å². The number of rotatable bonds is 10. The van der Waals surface area contributed by atoms with Crippen molar-refractivity contribution in [2.45, 2.75) is 33.6 Å². The predicted molar refractivity (Wildman–Crippen MR) is 80.9 cm³/mol. The normalized spacial score (nSPS) is 10.7. The first-order valence-electron chi connectivity index (χ1n) is 7.35. The topological polar surface area (TPSA) is 37.4 Å². The summed E-state index contributed by atoms with van der Waals surface area (Å²) in [5, 5.41) is 3.37. The lowest BCUT2D eigenvalue weighted by atomic mass is 10.4. The second kappa shape index (κ2) is 9.62. The third-order valence-electron chi connectivity index (χ3n) is 2.94. The number of ether oxygens (including phenoxy) is 1. The van der Waals surface area contributed by atoms with Gasteiger partial charge in [0.2, 0.25) is 0 Å². The predicted octanol–water partition coefficient (Wildman–Crippen LogP) is 3.01. The van der Waals surface area contributed by atoms with E-state index in [2.05, 4.69) is 36.0 Å². The van der Waals surface area contributed by atoms with Crippen molar-refractivity contribution in [1.82, 2.24) is 9.88 Å². The standard InChI is InChI=1S/C15H27N3O/c1-4-11-18(6-3)12-10-17-15-14(19-13-5-2)8-7-9-16-15/h7-9H,4-6,10-13H2,1-3H3,(H,16,17). The molecule has 0 fully saturated rings. The maximum atomic E-state index is 5.68. The molecule has 0 spiro atoms. The Hall–Kier alpha value is -1.29. The number of anilines is 1. The number of hydrogen-bond acceptors (Lipinski definition) is 4. The summed E-state index contributed by atoms with van der Waals surface area (Å²) in [4.78, 5) is 6.78. The van der Waals surface area contributed by atoms with Crippen LogP contribution in [0, 0.1) is 0 Å². The zero-order valence-electron chi connectivity index (χ0n) is 12.5. The van der Waals surface area contributed by atoms with E-state index >= 15 is 0 Å². The molecule has 0 saturated heterocycles. The van der Waals surface area contributed by atoms with Gasteiger partial charge in [-0.1, -0.05) is 20.8 Å². The minimum absolute atomic E-state index is 0.733. The van der Waals surface area contributed by atoms with Gasteiger partial charge in [-0.2, -0.15) is 0 Å². The molecule has 4 heteroatoms. The monoisotopic (exact) mass is 265 g/mol. The lowest BCUT2D eigenvalue weighted by molar-refractivity contribution is 0.299. The van der Waals surface area contributed by atoms with E-state index in [-0.39, 0.29) is 0 Å². The minimum atomic E-state index is 0.733. The third-order valence-corrected chi connectivity index (χ3v) is 2.94. The minimum Gasteiger partial charge on any atom is -0.490 e. The van der Waals surface area contributed by atoms with Crippen molar-refractivity contribution in [2.24, 2.45) is 0 Å². The molecule has 0 aliphatic carbocycles. The fourth-order valence-electron chi connectivity index (χ4n) is 1.93. The lowest BCUT2D eigenvalue weighted by Gasteiger charge is -2.20. The number of nitrogens with one attached hydrogen (secondary N) is 1. The summed E-state index contributed by atoms with van der Waals surface area (Å²) < 4.78 is 5.68.